The van der Waals surface area contributed by atoms with Gasteiger partial charge in [0.2, 0.25) is 0 Å². The van der Waals surface area contributed by atoms with Crippen molar-refractivity contribution < 1.29 is 9.53 Å². The SMILES string of the molecule is Cc1ccc2c(c1)Oc1ccccc1NC2=O. The zero-order valence-corrected chi connectivity index (χ0v) is 9.36. The van der Waals surface area contributed by atoms with Crippen LogP contribution >= 0.6 is 0 Å². The van der Waals surface area contributed by atoms with E-state index in [1.54, 1.807) is 6.07 Å². The number of fused-ring (bicyclic) bond motifs is 2. The normalized spacial score (nSPS) is 12.9. The number of benzene rings is 2. The number of carbonyl (C=O) groups excluding carboxylic acids is 1. The molecule has 0 unspecified atom stereocenters. The largest absolute Gasteiger partial charge is 0.454 e. The quantitative estimate of drug-likeness (QED) is 0.746. The summed E-state index contributed by atoms with van der Waals surface area (Å²) in [7, 11) is 0. The van der Waals surface area contributed by atoms with Gasteiger partial charge < -0.3 is 10.1 Å². The second kappa shape index (κ2) is 3.63. The number of rotatable bonds is 0. The van der Waals surface area contributed by atoms with Crippen LogP contribution in [0.5, 0.6) is 11.5 Å². The van der Waals surface area contributed by atoms with Crippen LogP contribution in [-0.2, 0) is 0 Å². The van der Waals surface area contributed by atoms with Crippen molar-refractivity contribution in [2.24, 2.45) is 0 Å². The molecule has 0 saturated carbocycles. The lowest BCUT2D eigenvalue weighted by atomic mass is 10.1. The summed E-state index contributed by atoms with van der Waals surface area (Å²) in [6.45, 7) is 1.97. The molecule has 2 aromatic carbocycles. The van der Waals surface area contributed by atoms with Crippen molar-refractivity contribution in [2.75, 3.05) is 5.32 Å². The molecule has 0 fully saturated rings. The molecular weight excluding hydrogens is 214 g/mol. The lowest BCUT2D eigenvalue weighted by Crippen LogP contribution is -2.10. The molecule has 1 N–H and O–H groups in total. The molecule has 84 valence electrons. The maximum Gasteiger partial charge on any atom is 0.259 e. The highest BCUT2D eigenvalue weighted by Gasteiger charge is 2.19. The lowest BCUT2D eigenvalue weighted by molar-refractivity contribution is 0.102. The minimum absolute atomic E-state index is 0.134. The van der Waals surface area contributed by atoms with Gasteiger partial charge in [-0.05, 0) is 36.8 Å². The second-order valence-corrected chi connectivity index (χ2v) is 4.05. The van der Waals surface area contributed by atoms with E-state index >= 15 is 0 Å². The van der Waals surface area contributed by atoms with Crippen LogP contribution in [0.1, 0.15) is 15.9 Å². The summed E-state index contributed by atoms with van der Waals surface area (Å²) in [5, 5.41) is 2.83. The number of nitrogens with one attached hydrogen (secondary N) is 1. The molecule has 3 heteroatoms. The monoisotopic (exact) mass is 225 g/mol. The van der Waals surface area contributed by atoms with E-state index in [9.17, 15) is 4.79 Å². The van der Waals surface area contributed by atoms with Gasteiger partial charge in [-0.1, -0.05) is 18.2 Å². The summed E-state index contributed by atoms with van der Waals surface area (Å²) < 4.78 is 5.77. The third-order valence-electron chi connectivity index (χ3n) is 2.74. The van der Waals surface area contributed by atoms with Gasteiger partial charge in [0.1, 0.15) is 5.75 Å². The van der Waals surface area contributed by atoms with E-state index in [-0.39, 0.29) is 5.91 Å². The van der Waals surface area contributed by atoms with Crippen LogP contribution in [0.25, 0.3) is 0 Å². The van der Waals surface area contributed by atoms with Crippen molar-refractivity contribution in [2.45, 2.75) is 6.92 Å². The van der Waals surface area contributed by atoms with E-state index in [0.717, 1.165) is 5.56 Å². The molecule has 0 aromatic heterocycles. The van der Waals surface area contributed by atoms with Crippen LogP contribution in [0.15, 0.2) is 42.5 Å². The molecule has 1 aliphatic heterocycles. The minimum Gasteiger partial charge on any atom is -0.454 e. The van der Waals surface area contributed by atoms with E-state index in [1.165, 1.54) is 0 Å². The summed E-state index contributed by atoms with van der Waals surface area (Å²) in [6.07, 6.45) is 0. The number of carbonyl (C=O) groups is 1. The summed E-state index contributed by atoms with van der Waals surface area (Å²) in [5.74, 6) is 1.14. The van der Waals surface area contributed by atoms with Crippen LogP contribution < -0.4 is 10.1 Å². The van der Waals surface area contributed by atoms with Crippen molar-refractivity contribution in [1.82, 2.24) is 0 Å². The first-order chi connectivity index (χ1) is 8.24. The van der Waals surface area contributed by atoms with Gasteiger partial charge in [0.25, 0.3) is 5.91 Å². The maximum atomic E-state index is 12.0. The predicted molar refractivity (Wildman–Crippen MR) is 65.6 cm³/mol. The second-order valence-electron chi connectivity index (χ2n) is 4.05. The Kier molecular flexibility index (Phi) is 2.11. The Bertz CT molecular complexity index is 605. The van der Waals surface area contributed by atoms with Crippen molar-refractivity contribution in [3.8, 4) is 11.5 Å². The smallest absolute Gasteiger partial charge is 0.259 e. The highest BCUT2D eigenvalue weighted by atomic mass is 16.5. The van der Waals surface area contributed by atoms with Crippen LogP contribution in [0.2, 0.25) is 0 Å². The van der Waals surface area contributed by atoms with Gasteiger partial charge in [0.15, 0.2) is 5.75 Å². The van der Waals surface area contributed by atoms with Crippen molar-refractivity contribution >= 4 is 11.6 Å². The standard InChI is InChI=1S/C14H11NO2/c1-9-6-7-10-13(8-9)17-12-5-3-2-4-11(12)15-14(10)16/h2-8H,1H3,(H,15,16). The molecule has 2 aromatic rings. The van der Waals surface area contributed by atoms with E-state index in [0.29, 0.717) is 22.7 Å². The Hall–Kier alpha value is -2.29. The average molecular weight is 225 g/mol. The fourth-order valence-corrected chi connectivity index (χ4v) is 1.87. The summed E-state index contributed by atoms with van der Waals surface area (Å²) in [5.41, 5.74) is 2.33. The number of hydrogen-bond acceptors (Lipinski definition) is 2. The van der Waals surface area contributed by atoms with E-state index in [4.69, 9.17) is 4.74 Å². The summed E-state index contributed by atoms with van der Waals surface area (Å²) in [6, 6.07) is 13.0. The van der Waals surface area contributed by atoms with Crippen molar-refractivity contribution in [3.05, 3.63) is 53.6 Å². The van der Waals surface area contributed by atoms with Gasteiger partial charge in [-0.2, -0.15) is 0 Å². The third kappa shape index (κ3) is 1.65. The first kappa shape index (κ1) is 9.90. The summed E-state index contributed by atoms with van der Waals surface area (Å²) in [4.78, 5) is 12.0. The Labute approximate surface area is 99.0 Å². The van der Waals surface area contributed by atoms with E-state index < -0.39 is 0 Å². The van der Waals surface area contributed by atoms with Gasteiger partial charge in [-0.3, -0.25) is 4.79 Å². The number of hydrogen-bond donors (Lipinski definition) is 1. The molecule has 0 saturated heterocycles. The van der Waals surface area contributed by atoms with Crippen LogP contribution in [0.3, 0.4) is 0 Å². The Morgan fingerprint density at radius 3 is 2.76 bits per heavy atom. The molecule has 3 nitrogen and oxygen atoms in total. The highest BCUT2D eigenvalue weighted by molar-refractivity contribution is 6.07. The molecule has 1 aliphatic rings. The van der Waals surface area contributed by atoms with Crippen LogP contribution in [-0.4, -0.2) is 5.91 Å². The first-order valence-corrected chi connectivity index (χ1v) is 5.43. The molecular formula is C14H11NO2. The molecule has 0 spiro atoms. The van der Waals surface area contributed by atoms with Gasteiger partial charge in [-0.25, -0.2) is 0 Å². The first-order valence-electron chi connectivity index (χ1n) is 5.43. The molecule has 0 bridgehead atoms. The van der Waals surface area contributed by atoms with Gasteiger partial charge in [0.05, 0.1) is 11.3 Å². The third-order valence-corrected chi connectivity index (χ3v) is 2.74. The highest BCUT2D eigenvalue weighted by Crippen LogP contribution is 2.35. The number of ether oxygens (including phenoxy) is 1. The van der Waals surface area contributed by atoms with Gasteiger partial charge in [-0.15, -0.1) is 0 Å². The average Bonchev–Trinajstić information content (AvgIpc) is 2.44. The predicted octanol–water partition coefficient (Wildman–Crippen LogP) is 3.35. The van der Waals surface area contributed by atoms with Crippen LogP contribution in [0.4, 0.5) is 5.69 Å². The molecule has 1 heterocycles. The minimum atomic E-state index is -0.134. The number of aryl methyl sites for hydroxylation is 1. The molecule has 1 amide bonds. The molecule has 0 atom stereocenters. The van der Waals surface area contributed by atoms with E-state index in [2.05, 4.69) is 5.32 Å². The zero-order valence-electron chi connectivity index (χ0n) is 9.36. The number of para-hydroxylation sites is 2. The molecule has 17 heavy (non-hydrogen) atoms. The van der Waals surface area contributed by atoms with Crippen molar-refractivity contribution in [3.63, 3.8) is 0 Å². The fraction of sp³-hybridized carbons (Fsp3) is 0.0714. The maximum absolute atomic E-state index is 12.0. The molecule has 3 rings (SSSR count). The van der Waals surface area contributed by atoms with Gasteiger partial charge in [0, 0.05) is 0 Å². The zero-order chi connectivity index (χ0) is 11.8. The lowest BCUT2D eigenvalue weighted by Gasteiger charge is -2.07. The van der Waals surface area contributed by atoms with Crippen molar-refractivity contribution in [1.29, 1.82) is 0 Å². The topological polar surface area (TPSA) is 38.3 Å². The van der Waals surface area contributed by atoms with Crippen LogP contribution in [0, 0.1) is 6.92 Å². The molecule has 0 radical (unpaired) electrons. The number of anilines is 1. The van der Waals surface area contributed by atoms with E-state index in [1.807, 2.05) is 43.3 Å². The Morgan fingerprint density at radius 2 is 1.88 bits per heavy atom. The number of amides is 1. The fourth-order valence-electron chi connectivity index (χ4n) is 1.87. The Balaban J connectivity index is 2.18. The summed E-state index contributed by atoms with van der Waals surface area (Å²) >= 11 is 0. The molecule has 0 aliphatic carbocycles. The van der Waals surface area contributed by atoms with Gasteiger partial charge >= 0.3 is 0 Å². The Morgan fingerprint density at radius 1 is 1.06 bits per heavy atom.